The second kappa shape index (κ2) is 7.08. The Hall–Kier alpha value is -1.84. The summed E-state index contributed by atoms with van der Waals surface area (Å²) >= 11 is 0. The highest BCUT2D eigenvalue weighted by molar-refractivity contribution is 5.85. The molecule has 1 aromatic carbocycles. The average molecular weight is 421 g/mol. The lowest BCUT2D eigenvalue weighted by Crippen LogP contribution is -2.59. The Balaban J connectivity index is 1.11. The van der Waals surface area contributed by atoms with Gasteiger partial charge in [0.25, 0.3) is 0 Å². The Morgan fingerprint density at radius 1 is 0.806 bits per heavy atom. The summed E-state index contributed by atoms with van der Waals surface area (Å²) in [5.74, 6) is 3.12. The summed E-state index contributed by atoms with van der Waals surface area (Å²) in [6.07, 6.45) is 10.3. The second-order valence-electron chi connectivity index (χ2n) is 11.8. The minimum atomic E-state index is -0.305. The molecule has 5 fully saturated rings. The van der Waals surface area contributed by atoms with Crippen molar-refractivity contribution in [3.63, 3.8) is 0 Å². The lowest BCUT2D eigenvalue weighted by atomic mass is 9.49. The summed E-state index contributed by atoms with van der Waals surface area (Å²) in [6, 6.07) is 8.57. The van der Waals surface area contributed by atoms with Crippen molar-refractivity contribution in [2.45, 2.75) is 64.7 Å². The molecule has 2 amide bonds. The standard InChI is InChI=1S/C27H36N2O2/c1-26(7-6-22-4-2-3-5-23(22)18-26)24(30)28-8-10-29(11-9-28)25(31)27-15-19-12-20(16-27)14-21(13-19)17-27/h2-5,19-21H,6-18H2,1H3. The number of benzene rings is 1. The quantitative estimate of drug-likeness (QED) is 0.724. The molecule has 0 aromatic heterocycles. The molecule has 1 unspecified atom stereocenters. The fourth-order valence-electron chi connectivity index (χ4n) is 8.28. The zero-order valence-corrected chi connectivity index (χ0v) is 18.9. The summed E-state index contributed by atoms with van der Waals surface area (Å²) in [5, 5.41) is 0. The van der Waals surface area contributed by atoms with E-state index in [0.717, 1.165) is 69.4 Å². The van der Waals surface area contributed by atoms with E-state index in [1.807, 2.05) is 0 Å². The first-order valence-corrected chi connectivity index (χ1v) is 12.6. The molecule has 1 aromatic rings. The lowest BCUT2D eigenvalue weighted by molar-refractivity contribution is -0.161. The molecule has 166 valence electrons. The Labute approximate surface area is 186 Å². The SMILES string of the molecule is CC1(C(=O)N2CCN(C(=O)C34CC5CC(CC(C5)C3)C4)CC2)CCc2ccccc2C1. The molecule has 1 aliphatic heterocycles. The van der Waals surface area contributed by atoms with E-state index in [1.54, 1.807) is 0 Å². The van der Waals surface area contributed by atoms with Crippen LogP contribution >= 0.6 is 0 Å². The van der Waals surface area contributed by atoms with Crippen molar-refractivity contribution in [3.05, 3.63) is 35.4 Å². The Morgan fingerprint density at radius 2 is 1.32 bits per heavy atom. The molecule has 4 nitrogen and oxygen atoms in total. The highest BCUT2D eigenvalue weighted by atomic mass is 16.2. The number of hydrogen-bond acceptors (Lipinski definition) is 2. The van der Waals surface area contributed by atoms with Crippen LogP contribution in [-0.2, 0) is 22.4 Å². The van der Waals surface area contributed by atoms with E-state index in [4.69, 9.17) is 0 Å². The summed E-state index contributed by atoms with van der Waals surface area (Å²) in [4.78, 5) is 31.3. The van der Waals surface area contributed by atoms with Gasteiger partial charge in [0.15, 0.2) is 0 Å². The first-order chi connectivity index (χ1) is 14.9. The first kappa shape index (κ1) is 19.8. The van der Waals surface area contributed by atoms with E-state index in [-0.39, 0.29) is 10.8 Å². The van der Waals surface area contributed by atoms with Crippen molar-refractivity contribution < 1.29 is 9.59 Å². The van der Waals surface area contributed by atoms with Gasteiger partial charge in [0.1, 0.15) is 0 Å². The Morgan fingerprint density at radius 3 is 1.90 bits per heavy atom. The fraction of sp³-hybridized carbons (Fsp3) is 0.704. The van der Waals surface area contributed by atoms with Crippen molar-refractivity contribution in [1.29, 1.82) is 0 Å². The molecule has 5 aliphatic carbocycles. The molecule has 31 heavy (non-hydrogen) atoms. The van der Waals surface area contributed by atoms with Crippen molar-refractivity contribution >= 4 is 11.8 Å². The van der Waals surface area contributed by atoms with Gasteiger partial charge in [0.2, 0.25) is 11.8 Å². The highest BCUT2D eigenvalue weighted by Crippen LogP contribution is 2.60. The molecule has 0 radical (unpaired) electrons. The third kappa shape index (κ3) is 3.24. The molecule has 1 saturated heterocycles. The van der Waals surface area contributed by atoms with Gasteiger partial charge in [0, 0.05) is 26.2 Å². The molecular formula is C27H36N2O2. The average Bonchev–Trinajstić information content (AvgIpc) is 2.77. The van der Waals surface area contributed by atoms with Crippen molar-refractivity contribution in [2.24, 2.45) is 28.6 Å². The van der Waals surface area contributed by atoms with E-state index >= 15 is 0 Å². The van der Waals surface area contributed by atoms with Gasteiger partial charge in [-0.2, -0.15) is 0 Å². The molecule has 0 spiro atoms. The Bertz CT molecular complexity index is 865. The maximum Gasteiger partial charge on any atom is 0.228 e. The zero-order chi connectivity index (χ0) is 21.2. The molecule has 0 N–H and O–H groups in total. The van der Waals surface area contributed by atoms with Crippen molar-refractivity contribution in [2.75, 3.05) is 26.2 Å². The van der Waals surface area contributed by atoms with Crippen LogP contribution in [0.1, 0.15) is 63.0 Å². The zero-order valence-electron chi connectivity index (χ0n) is 18.9. The lowest BCUT2D eigenvalue weighted by Gasteiger charge is -2.57. The van der Waals surface area contributed by atoms with Gasteiger partial charge in [-0.25, -0.2) is 0 Å². The van der Waals surface area contributed by atoms with Gasteiger partial charge in [-0.1, -0.05) is 31.2 Å². The van der Waals surface area contributed by atoms with Gasteiger partial charge >= 0.3 is 0 Å². The topological polar surface area (TPSA) is 40.6 Å². The molecule has 1 heterocycles. The van der Waals surface area contributed by atoms with E-state index in [2.05, 4.69) is 41.0 Å². The first-order valence-electron chi connectivity index (χ1n) is 12.6. The number of hydrogen-bond donors (Lipinski definition) is 0. The molecule has 4 bridgehead atoms. The highest BCUT2D eigenvalue weighted by Gasteiger charge is 2.55. The van der Waals surface area contributed by atoms with Gasteiger partial charge in [0.05, 0.1) is 10.8 Å². The van der Waals surface area contributed by atoms with Crippen molar-refractivity contribution in [1.82, 2.24) is 9.80 Å². The van der Waals surface area contributed by atoms with Crippen LogP contribution in [0.4, 0.5) is 0 Å². The van der Waals surface area contributed by atoms with Gasteiger partial charge in [-0.05, 0) is 86.7 Å². The summed E-state index contributed by atoms with van der Waals surface area (Å²) < 4.78 is 0. The number of amides is 2. The molecule has 4 saturated carbocycles. The van der Waals surface area contributed by atoms with Crippen LogP contribution in [0, 0.1) is 28.6 Å². The third-order valence-corrected chi connectivity index (χ3v) is 9.51. The minimum absolute atomic E-state index is 0.0556. The van der Waals surface area contributed by atoms with E-state index in [0.29, 0.717) is 24.9 Å². The predicted octanol–water partition coefficient (Wildman–Crippen LogP) is 4.07. The van der Waals surface area contributed by atoms with Crippen LogP contribution in [-0.4, -0.2) is 47.8 Å². The van der Waals surface area contributed by atoms with Crippen LogP contribution in [0.2, 0.25) is 0 Å². The number of aryl methyl sites for hydroxylation is 1. The molecule has 7 rings (SSSR count). The molecular weight excluding hydrogens is 384 g/mol. The molecule has 6 aliphatic rings. The molecule has 4 heteroatoms. The second-order valence-corrected chi connectivity index (χ2v) is 11.8. The summed E-state index contributed by atoms with van der Waals surface area (Å²) in [6.45, 7) is 5.00. The van der Waals surface area contributed by atoms with E-state index in [9.17, 15) is 9.59 Å². The van der Waals surface area contributed by atoms with Crippen LogP contribution in [0.5, 0.6) is 0 Å². The minimum Gasteiger partial charge on any atom is -0.339 e. The van der Waals surface area contributed by atoms with Crippen LogP contribution in [0.25, 0.3) is 0 Å². The number of fused-ring (bicyclic) bond motifs is 1. The number of rotatable bonds is 2. The third-order valence-electron chi connectivity index (χ3n) is 9.51. The van der Waals surface area contributed by atoms with E-state index in [1.165, 1.54) is 30.4 Å². The van der Waals surface area contributed by atoms with Gasteiger partial charge < -0.3 is 9.80 Å². The summed E-state index contributed by atoms with van der Waals surface area (Å²) in [7, 11) is 0. The maximum atomic E-state index is 13.7. The monoisotopic (exact) mass is 420 g/mol. The van der Waals surface area contributed by atoms with Gasteiger partial charge in [-0.3, -0.25) is 9.59 Å². The van der Waals surface area contributed by atoms with Crippen LogP contribution in [0.3, 0.4) is 0 Å². The summed E-state index contributed by atoms with van der Waals surface area (Å²) in [5.41, 5.74) is 2.37. The Kier molecular flexibility index (Phi) is 4.53. The van der Waals surface area contributed by atoms with E-state index < -0.39 is 0 Å². The number of nitrogens with zero attached hydrogens (tertiary/aromatic N) is 2. The van der Waals surface area contributed by atoms with Crippen molar-refractivity contribution in [3.8, 4) is 0 Å². The predicted molar refractivity (Wildman–Crippen MR) is 120 cm³/mol. The normalized spacial score (nSPS) is 38.8. The largest absolute Gasteiger partial charge is 0.339 e. The van der Waals surface area contributed by atoms with Crippen LogP contribution in [0.15, 0.2) is 24.3 Å². The molecule has 1 atom stereocenters. The number of piperazine rings is 1. The maximum absolute atomic E-state index is 13.7. The smallest absolute Gasteiger partial charge is 0.228 e. The van der Waals surface area contributed by atoms with Gasteiger partial charge in [-0.15, -0.1) is 0 Å². The number of carbonyl (C=O) groups excluding carboxylic acids is 2. The van der Waals surface area contributed by atoms with Crippen LogP contribution < -0.4 is 0 Å². The fourth-order valence-corrected chi connectivity index (χ4v) is 8.28. The number of carbonyl (C=O) groups is 2.